The summed E-state index contributed by atoms with van der Waals surface area (Å²) in [7, 11) is -3.70. The number of hydrogen-bond acceptors (Lipinski definition) is 3. The molecule has 0 aliphatic rings. The first-order valence-corrected chi connectivity index (χ1v) is 9.92. The molecule has 4 N–H and O–H groups in total. The van der Waals surface area contributed by atoms with Crippen LogP contribution in [-0.4, -0.2) is 27.5 Å². The molecule has 2 aromatic rings. The molecule has 2 rings (SSSR count). The fraction of sp³-hybridized carbons (Fsp3) is 0.278. The minimum absolute atomic E-state index is 0. The van der Waals surface area contributed by atoms with Gasteiger partial charge in [-0.2, -0.15) is 0 Å². The highest BCUT2D eigenvalue weighted by molar-refractivity contribution is 14.0. The van der Waals surface area contributed by atoms with Crippen molar-refractivity contribution >= 4 is 40.0 Å². The van der Waals surface area contributed by atoms with Crippen LogP contribution >= 0.6 is 24.0 Å². The molecule has 0 aliphatic heterocycles. The summed E-state index contributed by atoms with van der Waals surface area (Å²) >= 11 is 0. The average Bonchev–Trinajstić information content (AvgIpc) is 2.62. The van der Waals surface area contributed by atoms with E-state index in [2.05, 4.69) is 15.6 Å². The Bertz CT molecular complexity index is 906. The van der Waals surface area contributed by atoms with Crippen LogP contribution < -0.4 is 15.8 Å². The lowest BCUT2D eigenvalue weighted by molar-refractivity contribution is 0.585. The van der Waals surface area contributed by atoms with Gasteiger partial charge >= 0.3 is 0 Å². The summed E-state index contributed by atoms with van der Waals surface area (Å²) in [6.45, 7) is 3.03. The van der Waals surface area contributed by atoms with Gasteiger partial charge in [-0.05, 0) is 49.2 Å². The van der Waals surface area contributed by atoms with Gasteiger partial charge in [-0.3, -0.25) is 0 Å². The normalized spacial score (nSPS) is 11.6. The number of rotatable bonds is 7. The van der Waals surface area contributed by atoms with Crippen molar-refractivity contribution in [3.8, 4) is 0 Å². The van der Waals surface area contributed by atoms with Crippen LogP contribution in [0.15, 0.2) is 52.4 Å². The maximum atomic E-state index is 13.7. The Hall–Kier alpha value is -1.79. The van der Waals surface area contributed by atoms with Gasteiger partial charge in [0.05, 0.1) is 11.4 Å². The van der Waals surface area contributed by atoms with E-state index < -0.39 is 21.7 Å². The zero-order valence-electron chi connectivity index (χ0n) is 15.3. The number of halogens is 3. The highest BCUT2D eigenvalue weighted by Crippen LogP contribution is 2.11. The molecule has 0 atom stereocenters. The fourth-order valence-electron chi connectivity index (χ4n) is 2.34. The number of hydrogen-bond donors (Lipinski definition) is 3. The molecule has 2 aromatic carbocycles. The molecular formula is C18H23F2IN4O2S. The standard InChI is InChI=1S/C18H22F2N4O2S.HI/c1-2-22-18(24-12-14-11-15(19)5-8-17(14)20)23-10-9-13-3-6-16(7-4-13)27(21,25)26;/h3-8,11H,2,9-10,12H2,1H3,(H2,21,25,26)(H2,22,23,24);1H. The smallest absolute Gasteiger partial charge is 0.238 e. The van der Waals surface area contributed by atoms with Crippen LogP contribution in [0.4, 0.5) is 8.78 Å². The Morgan fingerprint density at radius 2 is 1.79 bits per heavy atom. The highest BCUT2D eigenvalue weighted by Gasteiger charge is 2.07. The first-order chi connectivity index (χ1) is 12.8. The summed E-state index contributed by atoms with van der Waals surface area (Å²) < 4.78 is 49.4. The molecular weight excluding hydrogens is 501 g/mol. The van der Waals surface area contributed by atoms with E-state index in [-0.39, 0.29) is 41.0 Å². The third-order valence-electron chi connectivity index (χ3n) is 3.72. The van der Waals surface area contributed by atoms with E-state index in [9.17, 15) is 17.2 Å². The molecule has 6 nitrogen and oxygen atoms in total. The van der Waals surface area contributed by atoms with Crippen molar-refractivity contribution in [2.75, 3.05) is 13.1 Å². The summed E-state index contributed by atoms with van der Waals surface area (Å²) in [4.78, 5) is 4.32. The van der Waals surface area contributed by atoms with E-state index in [1.807, 2.05) is 6.92 Å². The summed E-state index contributed by atoms with van der Waals surface area (Å²) in [5.74, 6) is -0.546. The SMILES string of the molecule is CCNC(=NCc1cc(F)ccc1F)NCCc1ccc(S(N)(=O)=O)cc1.I. The van der Waals surface area contributed by atoms with Gasteiger partial charge in [-0.15, -0.1) is 24.0 Å². The molecule has 0 heterocycles. The number of guanidine groups is 1. The molecule has 154 valence electrons. The van der Waals surface area contributed by atoms with Gasteiger partial charge in [0.1, 0.15) is 11.6 Å². The molecule has 0 saturated heterocycles. The maximum Gasteiger partial charge on any atom is 0.238 e. The van der Waals surface area contributed by atoms with Gasteiger partial charge in [0.2, 0.25) is 10.0 Å². The summed E-state index contributed by atoms with van der Waals surface area (Å²) in [5.41, 5.74) is 1.09. The van der Waals surface area contributed by atoms with Crippen molar-refractivity contribution in [1.82, 2.24) is 10.6 Å². The van der Waals surface area contributed by atoms with Crippen molar-refractivity contribution in [3.63, 3.8) is 0 Å². The van der Waals surface area contributed by atoms with Crippen molar-refractivity contribution in [2.45, 2.75) is 24.8 Å². The quantitative estimate of drug-likeness (QED) is 0.295. The highest BCUT2D eigenvalue weighted by atomic mass is 127. The largest absolute Gasteiger partial charge is 0.357 e. The van der Waals surface area contributed by atoms with Crippen LogP contribution in [0.1, 0.15) is 18.1 Å². The molecule has 10 heteroatoms. The number of sulfonamides is 1. The lowest BCUT2D eigenvalue weighted by Gasteiger charge is -2.11. The lowest BCUT2D eigenvalue weighted by Crippen LogP contribution is -2.38. The Kier molecular flexibility index (Phi) is 9.76. The van der Waals surface area contributed by atoms with Gasteiger partial charge in [0, 0.05) is 18.7 Å². The Labute approximate surface area is 180 Å². The molecule has 0 aliphatic carbocycles. The third kappa shape index (κ3) is 7.68. The van der Waals surface area contributed by atoms with Gasteiger partial charge in [-0.1, -0.05) is 12.1 Å². The van der Waals surface area contributed by atoms with E-state index >= 15 is 0 Å². The van der Waals surface area contributed by atoms with Crippen LogP contribution in [0, 0.1) is 11.6 Å². The van der Waals surface area contributed by atoms with E-state index in [1.54, 1.807) is 12.1 Å². The fourth-order valence-corrected chi connectivity index (χ4v) is 2.86. The monoisotopic (exact) mass is 524 g/mol. The predicted octanol–water partition coefficient (Wildman–Crippen LogP) is 2.53. The molecule has 0 bridgehead atoms. The summed E-state index contributed by atoms with van der Waals surface area (Å²) in [6, 6.07) is 9.54. The first kappa shape index (κ1) is 24.2. The van der Waals surface area contributed by atoms with Crippen LogP contribution in [-0.2, 0) is 23.0 Å². The molecule has 0 amide bonds. The van der Waals surface area contributed by atoms with Gasteiger partial charge in [-0.25, -0.2) is 27.3 Å². The number of nitrogens with two attached hydrogens (primary N) is 1. The number of aliphatic imine (C=N–C) groups is 1. The zero-order chi connectivity index (χ0) is 19.9. The van der Waals surface area contributed by atoms with Crippen LogP contribution in [0.3, 0.4) is 0 Å². The minimum atomic E-state index is -3.70. The summed E-state index contributed by atoms with van der Waals surface area (Å²) in [6.07, 6.45) is 0.615. The topological polar surface area (TPSA) is 96.6 Å². The molecule has 0 unspecified atom stereocenters. The van der Waals surface area contributed by atoms with Gasteiger partial charge in [0.15, 0.2) is 5.96 Å². The van der Waals surface area contributed by atoms with Crippen molar-refractivity contribution in [3.05, 3.63) is 65.2 Å². The molecule has 28 heavy (non-hydrogen) atoms. The Morgan fingerprint density at radius 3 is 2.39 bits per heavy atom. The number of nitrogens with zero attached hydrogens (tertiary/aromatic N) is 1. The van der Waals surface area contributed by atoms with Crippen LogP contribution in [0.25, 0.3) is 0 Å². The second kappa shape index (κ2) is 11.3. The second-order valence-corrected chi connectivity index (χ2v) is 7.36. The van der Waals surface area contributed by atoms with Crippen molar-refractivity contribution in [2.24, 2.45) is 10.1 Å². The van der Waals surface area contributed by atoms with E-state index in [0.29, 0.717) is 25.5 Å². The van der Waals surface area contributed by atoms with E-state index in [1.165, 1.54) is 12.1 Å². The third-order valence-corrected chi connectivity index (χ3v) is 4.65. The predicted molar refractivity (Wildman–Crippen MR) is 116 cm³/mol. The van der Waals surface area contributed by atoms with Gasteiger partial charge in [0.25, 0.3) is 0 Å². The number of nitrogens with one attached hydrogen (secondary N) is 2. The minimum Gasteiger partial charge on any atom is -0.357 e. The van der Waals surface area contributed by atoms with Crippen molar-refractivity contribution in [1.29, 1.82) is 0 Å². The average molecular weight is 524 g/mol. The lowest BCUT2D eigenvalue weighted by atomic mass is 10.1. The molecule has 0 radical (unpaired) electrons. The Balaban J connectivity index is 0.00000392. The van der Waals surface area contributed by atoms with Crippen LogP contribution in [0.2, 0.25) is 0 Å². The van der Waals surface area contributed by atoms with Crippen molar-refractivity contribution < 1.29 is 17.2 Å². The maximum absolute atomic E-state index is 13.7. The Morgan fingerprint density at radius 1 is 1.11 bits per heavy atom. The summed E-state index contributed by atoms with van der Waals surface area (Å²) in [5, 5.41) is 11.2. The van der Waals surface area contributed by atoms with E-state index in [4.69, 9.17) is 5.14 Å². The van der Waals surface area contributed by atoms with E-state index in [0.717, 1.165) is 23.8 Å². The zero-order valence-corrected chi connectivity index (χ0v) is 18.4. The molecule has 0 saturated carbocycles. The molecule has 0 aromatic heterocycles. The molecule has 0 spiro atoms. The second-order valence-electron chi connectivity index (χ2n) is 5.80. The number of benzene rings is 2. The number of primary sulfonamides is 1. The van der Waals surface area contributed by atoms with Crippen LogP contribution in [0.5, 0.6) is 0 Å². The molecule has 0 fully saturated rings. The van der Waals surface area contributed by atoms with Gasteiger partial charge < -0.3 is 10.6 Å². The first-order valence-electron chi connectivity index (χ1n) is 8.37.